The van der Waals surface area contributed by atoms with Crippen molar-refractivity contribution in [3.63, 3.8) is 0 Å². The second-order valence-electron chi connectivity index (χ2n) is 5.48. The van der Waals surface area contributed by atoms with Crippen LogP contribution in [0.2, 0.25) is 0 Å². The molecule has 106 valence electrons. The van der Waals surface area contributed by atoms with Crippen molar-refractivity contribution in [3.05, 3.63) is 35.9 Å². The Hall–Kier alpha value is -1.55. The van der Waals surface area contributed by atoms with Crippen LogP contribution in [0.25, 0.3) is 0 Å². The van der Waals surface area contributed by atoms with Crippen LogP contribution in [0, 0.1) is 0 Å². The molecule has 0 saturated carbocycles. The van der Waals surface area contributed by atoms with Gasteiger partial charge in [0.15, 0.2) is 0 Å². The second-order valence-corrected chi connectivity index (χ2v) is 5.48. The maximum absolute atomic E-state index is 12.2. The Morgan fingerprint density at radius 3 is 2.37 bits per heavy atom. The molecule has 4 heteroatoms. The monoisotopic (exact) mass is 265 g/mol. The number of hydrogen-bond acceptors (Lipinski definition) is 3. The summed E-state index contributed by atoms with van der Waals surface area (Å²) < 4.78 is 5.37. The molecule has 0 radical (unpaired) electrons. The van der Waals surface area contributed by atoms with Gasteiger partial charge in [-0.25, -0.2) is 4.79 Å². The van der Waals surface area contributed by atoms with E-state index in [0.29, 0.717) is 0 Å². The molecule has 0 spiro atoms. The average molecular weight is 265 g/mol. The lowest BCUT2D eigenvalue weighted by Crippen LogP contribution is -2.40. The molecule has 1 atom stereocenters. The molecule has 1 unspecified atom stereocenters. The highest BCUT2D eigenvalue weighted by Crippen LogP contribution is 2.22. The maximum atomic E-state index is 12.2. The summed E-state index contributed by atoms with van der Waals surface area (Å²) in [6.07, 6.45) is -0.405. The van der Waals surface area contributed by atoms with Crippen LogP contribution in [0.1, 0.15) is 39.3 Å². The van der Waals surface area contributed by atoms with Gasteiger partial charge in [0, 0.05) is 6.54 Å². The number of ether oxygens (including phenoxy) is 1. The van der Waals surface area contributed by atoms with Crippen LogP contribution in [0.4, 0.5) is 4.79 Å². The van der Waals surface area contributed by atoms with Crippen LogP contribution >= 0.6 is 0 Å². The number of carbonyl (C=O) groups is 1. The van der Waals surface area contributed by atoms with Gasteiger partial charge in [0.05, 0.1) is 12.6 Å². The van der Waals surface area contributed by atoms with Gasteiger partial charge in [0.2, 0.25) is 0 Å². The number of amides is 1. The Kier molecular flexibility index (Phi) is 5.36. The molecule has 0 aliphatic rings. The molecule has 1 amide bonds. The Bertz CT molecular complexity index is 398. The fraction of sp³-hybridized carbons (Fsp3) is 0.533. The summed E-state index contributed by atoms with van der Waals surface area (Å²) in [6, 6.07) is 9.57. The van der Waals surface area contributed by atoms with Crippen molar-refractivity contribution in [1.29, 1.82) is 0 Å². The lowest BCUT2D eigenvalue weighted by Gasteiger charge is -2.31. The van der Waals surface area contributed by atoms with E-state index in [1.54, 1.807) is 4.90 Å². The first-order chi connectivity index (χ1) is 8.85. The molecule has 0 fully saturated rings. The minimum Gasteiger partial charge on any atom is -0.444 e. The summed E-state index contributed by atoms with van der Waals surface area (Å²) in [4.78, 5) is 13.7. The maximum Gasteiger partial charge on any atom is 0.410 e. The minimum atomic E-state index is -0.540. The molecular weight excluding hydrogens is 242 g/mol. The van der Waals surface area contributed by atoms with Gasteiger partial charge in [-0.15, -0.1) is 0 Å². The van der Waals surface area contributed by atoms with E-state index in [1.165, 1.54) is 0 Å². The lowest BCUT2D eigenvalue weighted by atomic mass is 10.1. The topological polar surface area (TPSA) is 49.8 Å². The molecule has 0 aliphatic carbocycles. The number of aliphatic hydroxyl groups excluding tert-OH is 1. The fourth-order valence-corrected chi connectivity index (χ4v) is 1.78. The summed E-state index contributed by atoms with van der Waals surface area (Å²) in [5, 5.41) is 9.13. The number of carbonyl (C=O) groups excluding carboxylic acids is 1. The first kappa shape index (κ1) is 15.5. The SMILES string of the molecule is CC(c1ccccc1)N(CCO)C(=O)OC(C)(C)C. The summed E-state index contributed by atoms with van der Waals surface area (Å²) in [7, 11) is 0. The average Bonchev–Trinajstić information content (AvgIpc) is 2.34. The van der Waals surface area contributed by atoms with Gasteiger partial charge in [0.1, 0.15) is 5.60 Å². The van der Waals surface area contributed by atoms with E-state index in [-0.39, 0.29) is 19.2 Å². The van der Waals surface area contributed by atoms with Gasteiger partial charge in [-0.3, -0.25) is 4.90 Å². The van der Waals surface area contributed by atoms with Crippen molar-refractivity contribution in [2.45, 2.75) is 39.3 Å². The Morgan fingerprint density at radius 2 is 1.89 bits per heavy atom. The molecule has 1 N–H and O–H groups in total. The van der Waals surface area contributed by atoms with Crippen molar-refractivity contribution in [2.75, 3.05) is 13.2 Å². The lowest BCUT2D eigenvalue weighted by molar-refractivity contribution is 0.0137. The van der Waals surface area contributed by atoms with Crippen LogP contribution in [0.3, 0.4) is 0 Å². The predicted molar refractivity (Wildman–Crippen MR) is 74.9 cm³/mol. The fourth-order valence-electron chi connectivity index (χ4n) is 1.78. The highest BCUT2D eigenvalue weighted by Gasteiger charge is 2.26. The Morgan fingerprint density at radius 1 is 1.32 bits per heavy atom. The Labute approximate surface area is 115 Å². The van der Waals surface area contributed by atoms with Crippen molar-refractivity contribution in [3.8, 4) is 0 Å². The zero-order valence-electron chi connectivity index (χ0n) is 12.1. The van der Waals surface area contributed by atoms with Crippen molar-refractivity contribution < 1.29 is 14.6 Å². The molecular formula is C15H23NO3. The number of hydrogen-bond donors (Lipinski definition) is 1. The third kappa shape index (κ3) is 4.91. The normalized spacial score (nSPS) is 12.9. The quantitative estimate of drug-likeness (QED) is 0.910. The van der Waals surface area contributed by atoms with E-state index < -0.39 is 11.7 Å². The van der Waals surface area contributed by atoms with Crippen molar-refractivity contribution >= 4 is 6.09 Å². The van der Waals surface area contributed by atoms with Crippen molar-refractivity contribution in [2.24, 2.45) is 0 Å². The van der Waals surface area contributed by atoms with Gasteiger partial charge >= 0.3 is 6.09 Å². The predicted octanol–water partition coefficient (Wildman–Crippen LogP) is 2.98. The molecule has 0 aliphatic heterocycles. The van der Waals surface area contributed by atoms with Crippen LogP contribution in [0.15, 0.2) is 30.3 Å². The van der Waals surface area contributed by atoms with E-state index in [4.69, 9.17) is 9.84 Å². The number of nitrogens with zero attached hydrogens (tertiary/aromatic N) is 1. The first-order valence-electron chi connectivity index (χ1n) is 6.50. The summed E-state index contributed by atoms with van der Waals surface area (Å²) in [6.45, 7) is 7.58. The summed E-state index contributed by atoms with van der Waals surface area (Å²) >= 11 is 0. The van der Waals surface area contributed by atoms with Crippen LogP contribution in [0.5, 0.6) is 0 Å². The van der Waals surface area contributed by atoms with Gasteiger partial charge in [-0.05, 0) is 33.3 Å². The largest absolute Gasteiger partial charge is 0.444 e. The zero-order valence-corrected chi connectivity index (χ0v) is 12.1. The van der Waals surface area contributed by atoms with E-state index in [9.17, 15) is 4.79 Å². The third-order valence-corrected chi connectivity index (χ3v) is 2.72. The molecule has 0 saturated heterocycles. The van der Waals surface area contributed by atoms with Crippen LogP contribution in [-0.2, 0) is 4.74 Å². The summed E-state index contributed by atoms with van der Waals surface area (Å²) in [5.74, 6) is 0. The van der Waals surface area contributed by atoms with Gasteiger partial charge in [0.25, 0.3) is 0 Å². The molecule has 1 rings (SSSR count). The molecule has 4 nitrogen and oxygen atoms in total. The molecule has 1 aromatic carbocycles. The molecule has 0 aromatic heterocycles. The van der Waals surface area contributed by atoms with E-state index in [0.717, 1.165) is 5.56 Å². The smallest absolute Gasteiger partial charge is 0.410 e. The van der Waals surface area contributed by atoms with Crippen molar-refractivity contribution in [1.82, 2.24) is 4.90 Å². The van der Waals surface area contributed by atoms with Gasteiger partial charge in [-0.1, -0.05) is 30.3 Å². The Balaban J connectivity index is 2.85. The summed E-state index contributed by atoms with van der Waals surface area (Å²) in [5.41, 5.74) is 0.475. The van der Waals surface area contributed by atoms with E-state index in [2.05, 4.69) is 0 Å². The van der Waals surface area contributed by atoms with E-state index >= 15 is 0 Å². The molecule has 0 heterocycles. The van der Waals surface area contributed by atoms with Gasteiger partial charge in [-0.2, -0.15) is 0 Å². The van der Waals surface area contributed by atoms with Crippen LogP contribution in [-0.4, -0.2) is 34.9 Å². The highest BCUT2D eigenvalue weighted by atomic mass is 16.6. The molecule has 19 heavy (non-hydrogen) atoms. The third-order valence-electron chi connectivity index (χ3n) is 2.72. The number of benzene rings is 1. The minimum absolute atomic E-state index is 0.0869. The zero-order chi connectivity index (χ0) is 14.5. The number of rotatable bonds is 4. The molecule has 1 aromatic rings. The second kappa shape index (κ2) is 6.57. The number of aliphatic hydroxyl groups is 1. The first-order valence-corrected chi connectivity index (χ1v) is 6.50. The standard InChI is InChI=1S/C15H23NO3/c1-12(13-8-6-5-7-9-13)16(10-11-17)14(18)19-15(2,3)4/h5-9,12,17H,10-11H2,1-4H3. The highest BCUT2D eigenvalue weighted by molar-refractivity contribution is 5.68. The van der Waals surface area contributed by atoms with E-state index in [1.807, 2.05) is 58.0 Å². The van der Waals surface area contributed by atoms with Crippen LogP contribution < -0.4 is 0 Å². The van der Waals surface area contributed by atoms with Gasteiger partial charge < -0.3 is 9.84 Å². The molecule has 0 bridgehead atoms.